The van der Waals surface area contributed by atoms with Crippen molar-refractivity contribution in [3.63, 3.8) is 0 Å². The zero-order valence-electron chi connectivity index (χ0n) is 13.4. The number of hydrogen-bond acceptors (Lipinski definition) is 5. The van der Waals surface area contributed by atoms with Gasteiger partial charge in [-0.2, -0.15) is 9.90 Å². The van der Waals surface area contributed by atoms with Crippen LogP contribution in [0.25, 0.3) is 11.4 Å². The second-order valence-electron chi connectivity index (χ2n) is 5.25. The molecule has 0 spiro atoms. The Balaban J connectivity index is 1.61. The molecule has 0 aliphatic carbocycles. The lowest BCUT2D eigenvalue weighted by Crippen LogP contribution is -2.25. The third-order valence-corrected chi connectivity index (χ3v) is 3.36. The summed E-state index contributed by atoms with van der Waals surface area (Å²) in [4.78, 5) is 13.1. The van der Waals surface area contributed by atoms with Gasteiger partial charge in [-0.15, -0.1) is 10.2 Å². The molecular formula is C17H15FN6O. The van der Waals surface area contributed by atoms with Crippen LogP contribution in [0.2, 0.25) is 0 Å². The standard InChI is InChI=1S/C17H15FN6O/c1-12(14-8-5-9-15(18)10-14)19-20-16(25)11-24-22-17(21-23-24)13-6-3-2-4-7-13/h2-10H,11H2,1H3,(H,20,25)/b19-12+. The van der Waals surface area contributed by atoms with Crippen molar-refractivity contribution in [2.45, 2.75) is 13.5 Å². The number of carbonyl (C=O) groups excluding carboxylic acids is 1. The number of amides is 1. The highest BCUT2D eigenvalue weighted by Gasteiger charge is 2.09. The molecule has 0 fully saturated rings. The second-order valence-corrected chi connectivity index (χ2v) is 5.25. The van der Waals surface area contributed by atoms with Gasteiger partial charge < -0.3 is 0 Å². The van der Waals surface area contributed by atoms with E-state index in [4.69, 9.17) is 0 Å². The quantitative estimate of drug-likeness (QED) is 0.570. The van der Waals surface area contributed by atoms with E-state index in [9.17, 15) is 9.18 Å². The van der Waals surface area contributed by atoms with E-state index < -0.39 is 5.91 Å². The van der Waals surface area contributed by atoms with Crippen molar-refractivity contribution in [2.24, 2.45) is 5.10 Å². The van der Waals surface area contributed by atoms with Crippen LogP contribution in [0.1, 0.15) is 12.5 Å². The summed E-state index contributed by atoms with van der Waals surface area (Å²) in [6.45, 7) is 1.55. The fraction of sp³-hybridized carbons (Fsp3) is 0.118. The molecule has 8 heteroatoms. The summed E-state index contributed by atoms with van der Waals surface area (Å²) in [6.07, 6.45) is 0. The molecule has 0 aliphatic rings. The minimum atomic E-state index is -0.409. The maximum atomic E-state index is 13.2. The molecule has 1 amide bonds. The minimum Gasteiger partial charge on any atom is -0.271 e. The van der Waals surface area contributed by atoms with Crippen LogP contribution in [0, 0.1) is 5.82 Å². The Kier molecular flexibility index (Phi) is 4.89. The lowest BCUT2D eigenvalue weighted by molar-refractivity contribution is -0.122. The summed E-state index contributed by atoms with van der Waals surface area (Å²) in [5.74, 6) is -0.334. The van der Waals surface area contributed by atoms with Crippen molar-refractivity contribution in [3.05, 3.63) is 66.0 Å². The number of nitrogens with one attached hydrogen (secondary N) is 1. The Hall–Kier alpha value is -3.42. The van der Waals surface area contributed by atoms with Crippen molar-refractivity contribution < 1.29 is 9.18 Å². The van der Waals surface area contributed by atoms with Gasteiger partial charge in [-0.25, -0.2) is 9.82 Å². The van der Waals surface area contributed by atoms with Gasteiger partial charge in [0.1, 0.15) is 12.4 Å². The highest BCUT2D eigenvalue weighted by atomic mass is 19.1. The Morgan fingerprint density at radius 1 is 1.20 bits per heavy atom. The van der Waals surface area contributed by atoms with Gasteiger partial charge in [0.15, 0.2) is 0 Å². The van der Waals surface area contributed by atoms with Gasteiger partial charge in [0, 0.05) is 11.1 Å². The molecule has 0 bridgehead atoms. The number of aromatic nitrogens is 4. The molecule has 25 heavy (non-hydrogen) atoms. The molecule has 0 saturated heterocycles. The van der Waals surface area contributed by atoms with E-state index in [1.807, 2.05) is 30.3 Å². The van der Waals surface area contributed by atoms with E-state index in [0.717, 1.165) is 5.56 Å². The third kappa shape index (κ3) is 4.31. The third-order valence-electron chi connectivity index (χ3n) is 3.36. The Bertz CT molecular complexity index is 906. The Morgan fingerprint density at radius 3 is 2.76 bits per heavy atom. The zero-order valence-corrected chi connectivity index (χ0v) is 13.4. The van der Waals surface area contributed by atoms with Crippen LogP contribution < -0.4 is 5.43 Å². The first-order chi connectivity index (χ1) is 12.1. The van der Waals surface area contributed by atoms with Gasteiger partial charge in [-0.1, -0.05) is 42.5 Å². The van der Waals surface area contributed by atoms with Crippen LogP contribution in [0.3, 0.4) is 0 Å². The van der Waals surface area contributed by atoms with E-state index >= 15 is 0 Å². The predicted octanol–water partition coefficient (Wildman–Crippen LogP) is 2.02. The van der Waals surface area contributed by atoms with Crippen molar-refractivity contribution in [2.75, 3.05) is 0 Å². The number of carbonyl (C=O) groups is 1. The average molecular weight is 338 g/mol. The summed E-state index contributed by atoms with van der Waals surface area (Å²) >= 11 is 0. The molecule has 0 radical (unpaired) electrons. The molecule has 7 nitrogen and oxygen atoms in total. The number of nitrogens with zero attached hydrogens (tertiary/aromatic N) is 5. The number of halogens is 1. The number of tetrazole rings is 1. The van der Waals surface area contributed by atoms with Gasteiger partial charge in [-0.3, -0.25) is 4.79 Å². The molecule has 126 valence electrons. The zero-order chi connectivity index (χ0) is 17.6. The van der Waals surface area contributed by atoms with Gasteiger partial charge in [-0.05, 0) is 24.3 Å². The lowest BCUT2D eigenvalue weighted by Gasteiger charge is -2.02. The van der Waals surface area contributed by atoms with Crippen LogP contribution in [-0.2, 0) is 11.3 Å². The molecule has 0 aliphatic heterocycles. The molecule has 3 aromatic rings. The predicted molar refractivity (Wildman–Crippen MR) is 90.0 cm³/mol. The van der Waals surface area contributed by atoms with Gasteiger partial charge in [0.2, 0.25) is 5.82 Å². The molecule has 0 unspecified atom stereocenters. The van der Waals surface area contributed by atoms with E-state index in [1.54, 1.807) is 19.1 Å². The first-order valence-electron chi connectivity index (χ1n) is 7.54. The molecular weight excluding hydrogens is 323 g/mol. The molecule has 1 heterocycles. The fourth-order valence-electron chi connectivity index (χ4n) is 2.10. The monoisotopic (exact) mass is 338 g/mol. The van der Waals surface area contributed by atoms with E-state index in [-0.39, 0.29) is 12.4 Å². The largest absolute Gasteiger partial charge is 0.271 e. The molecule has 2 aromatic carbocycles. The molecule has 1 N–H and O–H groups in total. The van der Waals surface area contributed by atoms with Crippen molar-refractivity contribution in [1.82, 2.24) is 25.6 Å². The summed E-state index contributed by atoms with van der Waals surface area (Å²) in [5, 5.41) is 15.9. The smallest absolute Gasteiger partial charge is 0.263 e. The second kappa shape index (κ2) is 7.43. The molecule has 0 saturated carbocycles. The van der Waals surface area contributed by atoms with E-state index in [2.05, 4.69) is 25.9 Å². The fourth-order valence-corrected chi connectivity index (χ4v) is 2.10. The van der Waals surface area contributed by atoms with Crippen molar-refractivity contribution in [1.29, 1.82) is 0 Å². The molecule has 0 atom stereocenters. The maximum absolute atomic E-state index is 13.2. The Labute approximate surface area is 143 Å². The Morgan fingerprint density at radius 2 is 2.00 bits per heavy atom. The van der Waals surface area contributed by atoms with E-state index in [1.165, 1.54) is 16.9 Å². The van der Waals surface area contributed by atoms with E-state index in [0.29, 0.717) is 17.1 Å². The number of rotatable bonds is 5. The van der Waals surface area contributed by atoms with Crippen LogP contribution in [0.4, 0.5) is 4.39 Å². The highest BCUT2D eigenvalue weighted by Crippen LogP contribution is 2.11. The SMILES string of the molecule is C/C(=N\NC(=O)Cn1nnc(-c2ccccc2)n1)c1cccc(F)c1. The van der Waals surface area contributed by atoms with Crippen LogP contribution >= 0.6 is 0 Å². The first-order valence-corrected chi connectivity index (χ1v) is 7.54. The summed E-state index contributed by atoms with van der Waals surface area (Å²) in [5.41, 5.74) is 4.29. The maximum Gasteiger partial charge on any atom is 0.263 e. The summed E-state index contributed by atoms with van der Waals surface area (Å²) < 4.78 is 13.2. The van der Waals surface area contributed by atoms with Crippen LogP contribution in [0.15, 0.2) is 59.7 Å². The normalized spacial score (nSPS) is 11.4. The lowest BCUT2D eigenvalue weighted by atomic mass is 10.1. The summed E-state index contributed by atoms with van der Waals surface area (Å²) in [6, 6.07) is 15.3. The average Bonchev–Trinajstić information content (AvgIpc) is 3.09. The number of hydrazone groups is 1. The van der Waals surface area contributed by atoms with Gasteiger partial charge in [0.05, 0.1) is 5.71 Å². The number of hydrogen-bond donors (Lipinski definition) is 1. The molecule has 1 aromatic heterocycles. The first kappa shape index (κ1) is 16.4. The molecule has 3 rings (SSSR count). The van der Waals surface area contributed by atoms with Crippen LogP contribution in [0.5, 0.6) is 0 Å². The highest BCUT2D eigenvalue weighted by molar-refractivity contribution is 5.99. The van der Waals surface area contributed by atoms with Gasteiger partial charge in [0.25, 0.3) is 5.91 Å². The topological polar surface area (TPSA) is 85.1 Å². The summed E-state index contributed by atoms with van der Waals surface area (Å²) in [7, 11) is 0. The van der Waals surface area contributed by atoms with Crippen LogP contribution in [-0.4, -0.2) is 31.8 Å². The van der Waals surface area contributed by atoms with Crippen molar-refractivity contribution >= 4 is 11.6 Å². The van der Waals surface area contributed by atoms with Crippen molar-refractivity contribution in [3.8, 4) is 11.4 Å². The van der Waals surface area contributed by atoms with Gasteiger partial charge >= 0.3 is 0 Å². The number of benzene rings is 2. The minimum absolute atomic E-state index is 0.125.